The van der Waals surface area contributed by atoms with E-state index in [0.717, 1.165) is 25.7 Å². The molecule has 0 aliphatic carbocycles. The average Bonchev–Trinajstić information content (AvgIpc) is 2.77. The smallest absolute Gasteiger partial charge is 0.408 e. The molecule has 212 valence electrons. The number of hydrogen-bond donors (Lipinski definition) is 3. The Morgan fingerprint density at radius 3 is 2.03 bits per heavy atom. The lowest BCUT2D eigenvalue weighted by molar-refractivity contribution is -0.141. The minimum Gasteiger partial charge on any atom is -0.480 e. The van der Waals surface area contributed by atoms with Crippen LogP contribution in [-0.2, 0) is 14.3 Å². The van der Waals surface area contributed by atoms with E-state index in [4.69, 9.17) is 4.74 Å². The lowest BCUT2D eigenvalue weighted by Gasteiger charge is -2.27. The summed E-state index contributed by atoms with van der Waals surface area (Å²) >= 11 is 1.46. The van der Waals surface area contributed by atoms with Gasteiger partial charge in [-0.05, 0) is 80.1 Å². The zero-order chi connectivity index (χ0) is 28.6. The van der Waals surface area contributed by atoms with Gasteiger partial charge in [-0.15, -0.1) is 0 Å². The summed E-state index contributed by atoms with van der Waals surface area (Å²) in [6.07, 6.45) is 10.7. The number of aliphatic carboxylic acids is 1. The van der Waals surface area contributed by atoms with Crippen molar-refractivity contribution in [3.63, 3.8) is 0 Å². The van der Waals surface area contributed by atoms with Crippen molar-refractivity contribution < 1.29 is 24.2 Å². The van der Waals surface area contributed by atoms with Gasteiger partial charge in [0.15, 0.2) is 0 Å². The quantitative estimate of drug-likeness (QED) is 0.150. The first-order valence-electron chi connectivity index (χ1n) is 13.2. The molecule has 7 nitrogen and oxygen atoms in total. The molecule has 0 saturated carbocycles. The zero-order valence-electron chi connectivity index (χ0n) is 24.4. The highest BCUT2D eigenvalue weighted by molar-refractivity contribution is 7.99. The number of hydrogen-bond acceptors (Lipinski definition) is 5. The van der Waals surface area contributed by atoms with E-state index >= 15 is 0 Å². The number of carboxylic acid groups (broad SMARTS) is 1. The molecule has 0 aliphatic rings. The third-order valence-electron chi connectivity index (χ3n) is 5.74. The molecule has 0 spiro atoms. The zero-order valence-corrected chi connectivity index (χ0v) is 25.2. The van der Waals surface area contributed by atoms with E-state index < -0.39 is 35.7 Å². The molecule has 0 bridgehead atoms. The molecule has 0 aromatic rings. The Bertz CT molecular complexity index is 823. The van der Waals surface area contributed by atoms with Crippen molar-refractivity contribution in [2.45, 2.75) is 112 Å². The number of carbonyl (C=O) groups excluding carboxylic acids is 2. The van der Waals surface area contributed by atoms with Gasteiger partial charge in [-0.3, -0.25) is 4.79 Å². The van der Waals surface area contributed by atoms with Gasteiger partial charge in [0, 0.05) is 11.5 Å². The summed E-state index contributed by atoms with van der Waals surface area (Å²) in [6.45, 7) is 17.4. The fraction of sp³-hybridized carbons (Fsp3) is 0.690. The van der Waals surface area contributed by atoms with E-state index in [9.17, 15) is 19.5 Å². The number of ether oxygens (including phenoxy) is 1. The molecule has 0 aromatic heterocycles. The Labute approximate surface area is 229 Å². The van der Waals surface area contributed by atoms with Crippen LogP contribution < -0.4 is 10.6 Å². The van der Waals surface area contributed by atoms with E-state index in [1.165, 1.54) is 28.5 Å². The molecule has 0 fully saturated rings. The predicted octanol–water partition coefficient (Wildman–Crippen LogP) is 6.65. The van der Waals surface area contributed by atoms with Gasteiger partial charge in [0.25, 0.3) is 0 Å². The van der Waals surface area contributed by atoms with E-state index in [1.54, 1.807) is 20.8 Å². The third-order valence-corrected chi connectivity index (χ3v) is 6.71. The van der Waals surface area contributed by atoms with Crippen LogP contribution in [0.3, 0.4) is 0 Å². The Hall–Kier alpha value is -2.22. The first kappa shape index (κ1) is 34.8. The Balaban J connectivity index is 4.79. The second kappa shape index (κ2) is 18.1. The molecule has 0 aromatic carbocycles. The van der Waals surface area contributed by atoms with Gasteiger partial charge in [0.1, 0.15) is 17.7 Å². The molecular weight excluding hydrogens is 488 g/mol. The highest BCUT2D eigenvalue weighted by Gasteiger charge is 2.31. The molecule has 8 heteroatoms. The van der Waals surface area contributed by atoms with Crippen molar-refractivity contribution in [1.82, 2.24) is 10.6 Å². The minimum absolute atomic E-state index is 0.190. The normalized spacial score (nSPS) is 14.8. The van der Waals surface area contributed by atoms with E-state index in [2.05, 4.69) is 56.6 Å². The molecule has 0 heterocycles. The summed E-state index contributed by atoms with van der Waals surface area (Å²) in [6, 6.07) is -1.93. The van der Waals surface area contributed by atoms with Crippen LogP contribution in [-0.4, -0.2) is 52.3 Å². The van der Waals surface area contributed by atoms with E-state index in [-0.39, 0.29) is 11.7 Å². The van der Waals surface area contributed by atoms with E-state index in [0.29, 0.717) is 12.2 Å². The van der Waals surface area contributed by atoms with Gasteiger partial charge < -0.3 is 20.5 Å². The van der Waals surface area contributed by atoms with Crippen molar-refractivity contribution in [1.29, 1.82) is 0 Å². The van der Waals surface area contributed by atoms with Gasteiger partial charge in [-0.25, -0.2) is 9.59 Å². The summed E-state index contributed by atoms with van der Waals surface area (Å²) in [5.41, 5.74) is 3.31. The third kappa shape index (κ3) is 17.8. The van der Waals surface area contributed by atoms with Crippen LogP contribution in [0.2, 0.25) is 0 Å². The molecule has 3 N–H and O–H groups in total. The first-order chi connectivity index (χ1) is 17.2. The van der Waals surface area contributed by atoms with Crippen molar-refractivity contribution in [2.75, 3.05) is 11.5 Å². The monoisotopic (exact) mass is 538 g/mol. The van der Waals surface area contributed by atoms with Gasteiger partial charge in [0.2, 0.25) is 5.91 Å². The molecule has 0 radical (unpaired) electrons. The summed E-state index contributed by atoms with van der Waals surface area (Å²) in [5.74, 6) is -0.916. The maximum Gasteiger partial charge on any atom is 0.408 e. The SMILES string of the molecule is CCC(C)[C@H](NC(=O)OC(C)(C)C)C(=O)N[C@@H](CSCC=C(C)CCC=C(C)CCC=C(C)C)C(=O)O. The number of carbonyl (C=O) groups is 3. The van der Waals surface area contributed by atoms with Crippen LogP contribution >= 0.6 is 11.8 Å². The van der Waals surface area contributed by atoms with Gasteiger partial charge in [-0.2, -0.15) is 11.8 Å². The number of amides is 2. The van der Waals surface area contributed by atoms with Gasteiger partial charge >= 0.3 is 12.1 Å². The number of thioether (sulfide) groups is 1. The van der Waals surface area contributed by atoms with Crippen molar-refractivity contribution in [3.8, 4) is 0 Å². The van der Waals surface area contributed by atoms with Crippen molar-refractivity contribution in [3.05, 3.63) is 34.9 Å². The molecule has 0 aliphatic heterocycles. The molecule has 37 heavy (non-hydrogen) atoms. The van der Waals surface area contributed by atoms with Gasteiger partial charge in [-0.1, -0.05) is 55.2 Å². The Kier molecular flexibility index (Phi) is 17.0. The largest absolute Gasteiger partial charge is 0.480 e. The summed E-state index contributed by atoms with van der Waals surface area (Å²) < 4.78 is 5.27. The fourth-order valence-electron chi connectivity index (χ4n) is 3.30. The summed E-state index contributed by atoms with van der Waals surface area (Å²) in [4.78, 5) is 36.9. The molecule has 1 unspecified atom stereocenters. The van der Waals surface area contributed by atoms with Crippen LogP contribution in [0.15, 0.2) is 34.9 Å². The molecular formula is C29H50N2O5S. The Morgan fingerprint density at radius 2 is 1.51 bits per heavy atom. The number of rotatable bonds is 16. The first-order valence-corrected chi connectivity index (χ1v) is 14.4. The Morgan fingerprint density at radius 1 is 0.946 bits per heavy atom. The number of alkyl carbamates (subject to hydrolysis) is 1. The lowest BCUT2D eigenvalue weighted by Crippen LogP contribution is -2.55. The topological polar surface area (TPSA) is 105 Å². The molecule has 2 amide bonds. The number of carboxylic acids is 1. The summed E-state index contributed by atoms with van der Waals surface area (Å²) in [7, 11) is 0. The van der Waals surface area contributed by atoms with Crippen LogP contribution in [0.25, 0.3) is 0 Å². The predicted molar refractivity (Wildman–Crippen MR) is 155 cm³/mol. The van der Waals surface area contributed by atoms with Crippen LogP contribution in [0, 0.1) is 5.92 Å². The van der Waals surface area contributed by atoms with Gasteiger partial charge in [0.05, 0.1) is 0 Å². The van der Waals surface area contributed by atoms with Crippen LogP contribution in [0.1, 0.15) is 94.4 Å². The minimum atomic E-state index is -1.10. The van der Waals surface area contributed by atoms with Crippen molar-refractivity contribution >= 4 is 29.7 Å². The van der Waals surface area contributed by atoms with Crippen LogP contribution in [0.5, 0.6) is 0 Å². The maximum atomic E-state index is 12.9. The average molecular weight is 539 g/mol. The second-order valence-corrected chi connectivity index (χ2v) is 12.0. The van der Waals surface area contributed by atoms with E-state index in [1.807, 2.05) is 13.8 Å². The highest BCUT2D eigenvalue weighted by Crippen LogP contribution is 2.14. The number of allylic oxidation sites excluding steroid dienone is 5. The summed E-state index contributed by atoms with van der Waals surface area (Å²) in [5, 5.41) is 14.8. The lowest BCUT2D eigenvalue weighted by atomic mass is 9.98. The fourth-order valence-corrected chi connectivity index (χ4v) is 4.30. The highest BCUT2D eigenvalue weighted by atomic mass is 32.2. The second-order valence-electron chi connectivity index (χ2n) is 10.9. The standard InChI is InChI=1S/C29H50N2O5S/c1-10-23(6)25(31-28(35)36-29(7,8)9)26(32)30-24(27(33)34)19-37-18-17-22(5)16-12-15-21(4)14-11-13-20(2)3/h13,15,17,23-25H,10-12,14,16,18-19H2,1-9H3,(H,30,32)(H,31,35)(H,33,34)/t23?,24-,25-/m0/s1. The number of nitrogens with one attached hydrogen (secondary N) is 2. The maximum absolute atomic E-state index is 12.9. The van der Waals surface area contributed by atoms with Crippen molar-refractivity contribution in [2.24, 2.45) is 5.92 Å². The molecule has 0 saturated heterocycles. The molecule has 0 rings (SSSR count). The van der Waals surface area contributed by atoms with Crippen LogP contribution in [0.4, 0.5) is 4.79 Å². The molecule has 3 atom stereocenters.